The minimum atomic E-state index is -0.203. The highest BCUT2D eigenvalue weighted by molar-refractivity contribution is 6.02. The van der Waals surface area contributed by atoms with Crippen molar-refractivity contribution >= 4 is 17.7 Å². The Bertz CT molecular complexity index is 346. The summed E-state index contributed by atoms with van der Waals surface area (Å²) in [4.78, 5) is 35.4. The third kappa shape index (κ3) is 7.16. The van der Waals surface area contributed by atoms with E-state index in [4.69, 9.17) is 15.2 Å². The zero-order valence-electron chi connectivity index (χ0n) is 12.1. The Hall–Kier alpha value is -1.51. The van der Waals surface area contributed by atoms with E-state index in [2.05, 4.69) is 5.32 Å². The average molecular weight is 301 g/mol. The highest BCUT2D eigenvalue weighted by Gasteiger charge is 2.28. The molecule has 0 unspecified atom stereocenters. The van der Waals surface area contributed by atoms with Crippen LogP contribution < -0.4 is 11.1 Å². The Kier molecular flexibility index (Phi) is 8.56. The Morgan fingerprint density at radius 1 is 1.10 bits per heavy atom. The number of ether oxygens (including phenoxy) is 2. The summed E-state index contributed by atoms with van der Waals surface area (Å²) in [6.45, 7) is 2.84. The number of rotatable bonds is 11. The first-order valence-electron chi connectivity index (χ1n) is 7.10. The van der Waals surface area contributed by atoms with Crippen LogP contribution in [0.5, 0.6) is 0 Å². The van der Waals surface area contributed by atoms with Gasteiger partial charge in [-0.15, -0.1) is 0 Å². The molecule has 0 radical (unpaired) electrons. The maximum Gasteiger partial charge on any atom is 0.229 e. The monoisotopic (exact) mass is 301 g/mol. The van der Waals surface area contributed by atoms with Gasteiger partial charge in [0, 0.05) is 38.9 Å². The molecule has 3 amide bonds. The predicted molar refractivity (Wildman–Crippen MR) is 74.3 cm³/mol. The van der Waals surface area contributed by atoms with Crippen LogP contribution in [0.3, 0.4) is 0 Å². The number of carbonyl (C=O) groups is 3. The van der Waals surface area contributed by atoms with Gasteiger partial charge in [0.2, 0.25) is 17.7 Å². The van der Waals surface area contributed by atoms with Crippen molar-refractivity contribution in [1.82, 2.24) is 10.2 Å². The van der Waals surface area contributed by atoms with Crippen LogP contribution in [-0.4, -0.2) is 68.7 Å². The lowest BCUT2D eigenvalue weighted by Crippen LogP contribution is -2.35. The smallest absolute Gasteiger partial charge is 0.229 e. The van der Waals surface area contributed by atoms with Gasteiger partial charge in [-0.25, -0.2) is 0 Å². The molecular formula is C13H23N3O5. The van der Waals surface area contributed by atoms with Gasteiger partial charge in [-0.3, -0.25) is 19.3 Å². The van der Waals surface area contributed by atoms with Gasteiger partial charge in [-0.1, -0.05) is 0 Å². The molecule has 0 aromatic heterocycles. The SMILES string of the molecule is NCCOCCOCCNC(=O)CCN1C(=O)CCC1=O. The fourth-order valence-corrected chi connectivity index (χ4v) is 1.84. The Morgan fingerprint density at radius 2 is 1.71 bits per heavy atom. The summed E-state index contributed by atoms with van der Waals surface area (Å²) >= 11 is 0. The number of imide groups is 1. The van der Waals surface area contributed by atoms with Crippen molar-refractivity contribution < 1.29 is 23.9 Å². The first-order valence-corrected chi connectivity index (χ1v) is 7.10. The zero-order valence-corrected chi connectivity index (χ0v) is 12.1. The fraction of sp³-hybridized carbons (Fsp3) is 0.769. The van der Waals surface area contributed by atoms with E-state index in [0.717, 1.165) is 4.90 Å². The molecule has 1 heterocycles. The van der Waals surface area contributed by atoms with Gasteiger partial charge in [0.1, 0.15) is 0 Å². The van der Waals surface area contributed by atoms with Crippen LogP contribution in [0, 0.1) is 0 Å². The van der Waals surface area contributed by atoms with Gasteiger partial charge >= 0.3 is 0 Å². The van der Waals surface area contributed by atoms with Gasteiger partial charge in [0.25, 0.3) is 0 Å². The maximum atomic E-state index is 11.5. The number of nitrogens with two attached hydrogens (primary N) is 1. The van der Waals surface area contributed by atoms with Crippen molar-refractivity contribution in [2.75, 3.05) is 46.1 Å². The van der Waals surface area contributed by atoms with Gasteiger partial charge in [-0.2, -0.15) is 0 Å². The minimum Gasteiger partial charge on any atom is -0.378 e. The highest BCUT2D eigenvalue weighted by atomic mass is 16.5. The van der Waals surface area contributed by atoms with Crippen LogP contribution >= 0.6 is 0 Å². The van der Waals surface area contributed by atoms with E-state index in [9.17, 15) is 14.4 Å². The van der Waals surface area contributed by atoms with Crippen molar-refractivity contribution in [2.24, 2.45) is 5.73 Å². The van der Waals surface area contributed by atoms with Crippen LogP contribution in [0.2, 0.25) is 0 Å². The first kappa shape index (κ1) is 17.5. The summed E-state index contributed by atoms with van der Waals surface area (Å²) in [5.74, 6) is -0.604. The first-order chi connectivity index (χ1) is 10.1. The van der Waals surface area contributed by atoms with E-state index in [-0.39, 0.29) is 43.5 Å². The molecule has 0 saturated carbocycles. The maximum absolute atomic E-state index is 11.5. The molecule has 1 aliphatic rings. The van der Waals surface area contributed by atoms with E-state index in [1.54, 1.807) is 0 Å². The molecule has 0 atom stereocenters. The van der Waals surface area contributed by atoms with Crippen molar-refractivity contribution in [3.8, 4) is 0 Å². The number of carbonyl (C=O) groups excluding carboxylic acids is 3. The Labute approximate surface area is 123 Å². The molecule has 0 aromatic carbocycles. The minimum absolute atomic E-state index is 0.122. The topological polar surface area (TPSA) is 111 Å². The summed E-state index contributed by atoms with van der Waals surface area (Å²) in [7, 11) is 0. The zero-order chi connectivity index (χ0) is 15.5. The summed E-state index contributed by atoms with van der Waals surface area (Å²) in [5.41, 5.74) is 5.26. The molecule has 1 saturated heterocycles. The molecule has 8 nitrogen and oxygen atoms in total. The molecule has 21 heavy (non-hydrogen) atoms. The predicted octanol–water partition coefficient (Wildman–Crippen LogP) is -1.37. The number of nitrogens with zero attached hydrogens (tertiary/aromatic N) is 1. The molecule has 1 aliphatic heterocycles. The standard InChI is InChI=1S/C13H23N3O5/c14-4-7-20-9-10-21-8-5-15-11(17)3-6-16-12(18)1-2-13(16)19/h1-10,14H2,(H,15,17). The fourth-order valence-electron chi connectivity index (χ4n) is 1.84. The number of hydrogen-bond acceptors (Lipinski definition) is 6. The average Bonchev–Trinajstić information content (AvgIpc) is 2.78. The number of amides is 3. The number of nitrogens with one attached hydrogen (secondary N) is 1. The lowest BCUT2D eigenvalue weighted by Gasteiger charge is -2.13. The van der Waals surface area contributed by atoms with Crippen LogP contribution in [0.1, 0.15) is 19.3 Å². The Morgan fingerprint density at radius 3 is 2.33 bits per heavy atom. The second-order valence-electron chi connectivity index (χ2n) is 4.55. The van der Waals surface area contributed by atoms with E-state index in [1.807, 2.05) is 0 Å². The van der Waals surface area contributed by atoms with Crippen LogP contribution in [0.25, 0.3) is 0 Å². The molecule has 3 N–H and O–H groups in total. The van der Waals surface area contributed by atoms with E-state index < -0.39 is 0 Å². The van der Waals surface area contributed by atoms with Crippen molar-refractivity contribution in [3.63, 3.8) is 0 Å². The molecule has 0 aromatic rings. The third-order valence-electron chi connectivity index (χ3n) is 2.92. The summed E-state index contributed by atoms with van der Waals surface area (Å²) in [6, 6.07) is 0. The molecular weight excluding hydrogens is 278 g/mol. The molecule has 1 fully saturated rings. The van der Waals surface area contributed by atoms with E-state index in [0.29, 0.717) is 39.5 Å². The van der Waals surface area contributed by atoms with Crippen molar-refractivity contribution in [2.45, 2.75) is 19.3 Å². The molecule has 8 heteroatoms. The van der Waals surface area contributed by atoms with Gasteiger partial charge in [0.15, 0.2) is 0 Å². The van der Waals surface area contributed by atoms with E-state index in [1.165, 1.54) is 0 Å². The van der Waals surface area contributed by atoms with Crippen molar-refractivity contribution in [1.29, 1.82) is 0 Å². The molecule has 1 rings (SSSR count). The van der Waals surface area contributed by atoms with Crippen LogP contribution in [-0.2, 0) is 23.9 Å². The highest BCUT2D eigenvalue weighted by Crippen LogP contribution is 2.11. The third-order valence-corrected chi connectivity index (χ3v) is 2.92. The quantitative estimate of drug-likeness (QED) is 0.360. The van der Waals surface area contributed by atoms with Crippen molar-refractivity contribution in [3.05, 3.63) is 0 Å². The summed E-state index contributed by atoms with van der Waals surface area (Å²) in [5, 5.41) is 2.66. The largest absolute Gasteiger partial charge is 0.378 e. The van der Waals surface area contributed by atoms with Crippen LogP contribution in [0.15, 0.2) is 0 Å². The van der Waals surface area contributed by atoms with E-state index >= 15 is 0 Å². The molecule has 0 aliphatic carbocycles. The lowest BCUT2D eigenvalue weighted by molar-refractivity contribution is -0.138. The lowest BCUT2D eigenvalue weighted by atomic mass is 10.3. The normalized spacial score (nSPS) is 14.8. The van der Waals surface area contributed by atoms with Gasteiger partial charge in [-0.05, 0) is 0 Å². The second kappa shape index (κ2) is 10.3. The molecule has 0 spiro atoms. The number of likely N-dealkylation sites (tertiary alicyclic amines) is 1. The number of hydrogen-bond donors (Lipinski definition) is 2. The molecule has 0 bridgehead atoms. The van der Waals surface area contributed by atoms with Crippen LogP contribution in [0.4, 0.5) is 0 Å². The van der Waals surface area contributed by atoms with Gasteiger partial charge in [0.05, 0.1) is 26.4 Å². The second-order valence-corrected chi connectivity index (χ2v) is 4.55. The molecule has 120 valence electrons. The summed E-state index contributed by atoms with van der Waals surface area (Å²) in [6.07, 6.45) is 0.623. The summed E-state index contributed by atoms with van der Waals surface area (Å²) < 4.78 is 10.4. The van der Waals surface area contributed by atoms with Gasteiger partial charge < -0.3 is 20.5 Å². The Balaban J connectivity index is 1.97.